The smallest absolute Gasteiger partial charge is 0.236 e. The first-order valence-corrected chi connectivity index (χ1v) is 5.64. The number of H-pyrrole nitrogens is 1. The number of rotatable bonds is 3. The molecule has 2 rings (SSSR count). The van der Waals surface area contributed by atoms with Gasteiger partial charge in [-0.3, -0.25) is 10.1 Å². The van der Waals surface area contributed by atoms with Gasteiger partial charge in [0.2, 0.25) is 6.20 Å². The summed E-state index contributed by atoms with van der Waals surface area (Å²) >= 11 is 11.8. The fraction of sp³-hybridized carbons (Fsp3) is 0. The van der Waals surface area contributed by atoms with Crippen LogP contribution in [-0.4, -0.2) is 14.9 Å². The van der Waals surface area contributed by atoms with E-state index >= 15 is 0 Å². The van der Waals surface area contributed by atoms with Crippen LogP contribution in [0.25, 0.3) is 17.5 Å². The SMILES string of the molecule is O=[N+]([O-])C=Cc1cnc(-c2ccc(Cl)cc2Cl)[nH]1. The lowest BCUT2D eigenvalue weighted by Gasteiger charge is -2.00. The van der Waals surface area contributed by atoms with Crippen molar-refractivity contribution in [3.05, 3.63) is 56.4 Å². The lowest BCUT2D eigenvalue weighted by atomic mass is 10.2. The molecule has 0 aliphatic heterocycles. The van der Waals surface area contributed by atoms with E-state index in [0.29, 0.717) is 27.1 Å². The molecule has 0 bridgehead atoms. The quantitative estimate of drug-likeness (QED) is 0.691. The molecule has 0 atom stereocenters. The number of halogens is 2. The third kappa shape index (κ3) is 2.88. The summed E-state index contributed by atoms with van der Waals surface area (Å²) in [7, 11) is 0. The van der Waals surface area contributed by atoms with E-state index in [2.05, 4.69) is 9.97 Å². The van der Waals surface area contributed by atoms with Crippen molar-refractivity contribution in [2.75, 3.05) is 0 Å². The van der Waals surface area contributed by atoms with Gasteiger partial charge in [0.1, 0.15) is 5.82 Å². The Balaban J connectivity index is 2.32. The number of imidazole rings is 1. The molecular weight excluding hydrogens is 277 g/mol. The van der Waals surface area contributed by atoms with E-state index in [1.54, 1.807) is 18.2 Å². The van der Waals surface area contributed by atoms with E-state index in [1.807, 2.05) is 0 Å². The average Bonchev–Trinajstić information content (AvgIpc) is 2.75. The monoisotopic (exact) mass is 283 g/mol. The molecule has 0 radical (unpaired) electrons. The Kier molecular flexibility index (Phi) is 3.64. The van der Waals surface area contributed by atoms with Gasteiger partial charge >= 0.3 is 0 Å². The minimum atomic E-state index is -0.546. The minimum Gasteiger partial charge on any atom is -0.338 e. The maximum atomic E-state index is 10.2. The van der Waals surface area contributed by atoms with Crippen LogP contribution < -0.4 is 0 Å². The summed E-state index contributed by atoms with van der Waals surface area (Å²) in [4.78, 5) is 16.7. The van der Waals surface area contributed by atoms with E-state index in [0.717, 1.165) is 6.20 Å². The van der Waals surface area contributed by atoms with Crippen molar-refractivity contribution in [1.82, 2.24) is 9.97 Å². The molecule has 2 aromatic rings. The van der Waals surface area contributed by atoms with Gasteiger partial charge in [-0.2, -0.15) is 0 Å². The molecule has 18 heavy (non-hydrogen) atoms. The average molecular weight is 284 g/mol. The lowest BCUT2D eigenvalue weighted by Crippen LogP contribution is -1.84. The third-order valence-electron chi connectivity index (χ3n) is 2.16. The van der Waals surface area contributed by atoms with Crippen molar-refractivity contribution < 1.29 is 4.92 Å². The number of aromatic nitrogens is 2. The van der Waals surface area contributed by atoms with Crippen LogP contribution in [0.15, 0.2) is 30.6 Å². The Labute approximate surface area is 112 Å². The van der Waals surface area contributed by atoms with Crippen LogP contribution in [0.1, 0.15) is 5.69 Å². The molecular formula is C11H7Cl2N3O2. The van der Waals surface area contributed by atoms with Gasteiger partial charge in [0, 0.05) is 16.7 Å². The zero-order valence-corrected chi connectivity index (χ0v) is 10.4. The summed E-state index contributed by atoms with van der Waals surface area (Å²) in [5.74, 6) is 0.527. The topological polar surface area (TPSA) is 71.8 Å². The van der Waals surface area contributed by atoms with Gasteiger partial charge in [-0.25, -0.2) is 4.98 Å². The van der Waals surface area contributed by atoms with Gasteiger partial charge in [0.25, 0.3) is 0 Å². The number of benzene rings is 1. The van der Waals surface area contributed by atoms with Crippen LogP contribution >= 0.6 is 23.2 Å². The van der Waals surface area contributed by atoms with Crippen molar-refractivity contribution in [3.8, 4) is 11.4 Å². The number of nitrogens with zero attached hydrogens (tertiary/aromatic N) is 2. The van der Waals surface area contributed by atoms with Crippen LogP contribution in [0, 0.1) is 10.1 Å². The number of nitro groups is 1. The van der Waals surface area contributed by atoms with Crippen LogP contribution in [-0.2, 0) is 0 Å². The zero-order chi connectivity index (χ0) is 13.1. The molecule has 0 saturated carbocycles. The molecule has 1 aromatic heterocycles. The number of aromatic amines is 1. The Morgan fingerprint density at radius 2 is 2.17 bits per heavy atom. The second kappa shape index (κ2) is 5.20. The molecule has 0 aliphatic rings. The summed E-state index contributed by atoms with van der Waals surface area (Å²) in [5.41, 5.74) is 1.20. The number of nitrogens with one attached hydrogen (secondary N) is 1. The molecule has 0 unspecified atom stereocenters. The maximum absolute atomic E-state index is 10.2. The fourth-order valence-electron chi connectivity index (χ4n) is 1.38. The molecule has 1 heterocycles. The molecule has 0 amide bonds. The molecule has 92 valence electrons. The molecule has 7 heteroatoms. The molecule has 0 saturated heterocycles. The Bertz CT molecular complexity index is 623. The standard InChI is InChI=1S/C11H7Cl2N3O2/c12-7-1-2-9(10(13)5-7)11-14-6-8(15-11)3-4-16(17)18/h1-6H,(H,14,15). The van der Waals surface area contributed by atoms with Crippen LogP contribution in [0.2, 0.25) is 10.0 Å². The maximum Gasteiger partial charge on any atom is 0.236 e. The van der Waals surface area contributed by atoms with Crippen molar-refractivity contribution in [1.29, 1.82) is 0 Å². The van der Waals surface area contributed by atoms with Crippen molar-refractivity contribution in [2.45, 2.75) is 0 Å². The highest BCUT2D eigenvalue weighted by molar-refractivity contribution is 6.36. The van der Waals surface area contributed by atoms with Gasteiger partial charge in [0.05, 0.1) is 21.8 Å². The normalized spacial score (nSPS) is 11.0. The van der Waals surface area contributed by atoms with Gasteiger partial charge in [-0.05, 0) is 18.2 Å². The highest BCUT2D eigenvalue weighted by Crippen LogP contribution is 2.28. The summed E-state index contributed by atoms with van der Waals surface area (Å²) < 4.78 is 0. The third-order valence-corrected chi connectivity index (χ3v) is 2.71. The zero-order valence-electron chi connectivity index (χ0n) is 8.93. The Morgan fingerprint density at radius 3 is 2.83 bits per heavy atom. The fourth-order valence-corrected chi connectivity index (χ4v) is 1.88. The van der Waals surface area contributed by atoms with Crippen LogP contribution in [0.5, 0.6) is 0 Å². The second-order valence-electron chi connectivity index (χ2n) is 3.41. The van der Waals surface area contributed by atoms with Gasteiger partial charge in [-0.15, -0.1) is 0 Å². The highest BCUT2D eigenvalue weighted by Gasteiger charge is 2.07. The van der Waals surface area contributed by atoms with E-state index < -0.39 is 4.92 Å². The molecule has 0 fully saturated rings. The molecule has 0 spiro atoms. The Morgan fingerprint density at radius 1 is 1.39 bits per heavy atom. The lowest BCUT2D eigenvalue weighted by molar-refractivity contribution is -0.401. The summed E-state index contributed by atoms with van der Waals surface area (Å²) in [6, 6.07) is 5.02. The predicted molar refractivity (Wildman–Crippen MR) is 70.1 cm³/mol. The van der Waals surface area contributed by atoms with Crippen molar-refractivity contribution in [2.24, 2.45) is 0 Å². The van der Waals surface area contributed by atoms with Crippen LogP contribution in [0.4, 0.5) is 0 Å². The number of hydrogen-bond acceptors (Lipinski definition) is 3. The first-order valence-electron chi connectivity index (χ1n) is 4.88. The Hall–Kier alpha value is -1.85. The predicted octanol–water partition coefficient (Wildman–Crippen LogP) is 3.63. The van der Waals surface area contributed by atoms with Gasteiger partial charge in [0.15, 0.2) is 0 Å². The van der Waals surface area contributed by atoms with Gasteiger partial charge in [-0.1, -0.05) is 23.2 Å². The second-order valence-corrected chi connectivity index (χ2v) is 4.26. The largest absolute Gasteiger partial charge is 0.338 e. The first-order chi connectivity index (χ1) is 8.56. The summed E-state index contributed by atoms with van der Waals surface area (Å²) in [6.45, 7) is 0. The molecule has 0 aliphatic carbocycles. The molecule has 1 aromatic carbocycles. The summed E-state index contributed by atoms with van der Waals surface area (Å²) in [6.07, 6.45) is 3.64. The molecule has 5 nitrogen and oxygen atoms in total. The minimum absolute atomic E-state index is 0.460. The first kappa shape index (κ1) is 12.6. The van der Waals surface area contributed by atoms with E-state index in [1.165, 1.54) is 12.3 Å². The van der Waals surface area contributed by atoms with E-state index in [9.17, 15) is 10.1 Å². The van der Waals surface area contributed by atoms with Crippen molar-refractivity contribution in [3.63, 3.8) is 0 Å². The van der Waals surface area contributed by atoms with E-state index in [4.69, 9.17) is 23.2 Å². The summed E-state index contributed by atoms with van der Waals surface area (Å²) in [5, 5.41) is 11.2. The van der Waals surface area contributed by atoms with E-state index in [-0.39, 0.29) is 0 Å². The van der Waals surface area contributed by atoms with Crippen molar-refractivity contribution >= 4 is 29.3 Å². The van der Waals surface area contributed by atoms with Gasteiger partial charge < -0.3 is 4.98 Å². The highest BCUT2D eigenvalue weighted by atomic mass is 35.5. The number of hydrogen-bond donors (Lipinski definition) is 1. The van der Waals surface area contributed by atoms with Crippen LogP contribution in [0.3, 0.4) is 0 Å². The molecule has 1 N–H and O–H groups in total.